The molecule has 0 saturated heterocycles. The van der Waals surface area contributed by atoms with Gasteiger partial charge in [-0.05, 0) is 38.0 Å². The Morgan fingerprint density at radius 1 is 0.344 bits per heavy atom. The summed E-state index contributed by atoms with van der Waals surface area (Å²) in [5.74, 6) is 1.97. The Balaban J connectivity index is -0.000000255. The molecule has 0 aromatic rings. The number of carbonyl (C=O) groups is 1. The number of aliphatic hydroxyl groups excluding tert-OH is 1. The summed E-state index contributed by atoms with van der Waals surface area (Å²) in [4.78, 5) is 30.4. The van der Waals surface area contributed by atoms with Crippen LogP contribution in [0.5, 0.6) is 0 Å². The van der Waals surface area contributed by atoms with E-state index in [0.717, 1.165) is 43.4 Å². The minimum atomic E-state index is -0.654. The Hall–Kier alpha value is -0.547. The predicted octanol–water partition coefficient (Wildman–Crippen LogP) is 18.9. The van der Waals surface area contributed by atoms with Crippen LogP contribution in [0.1, 0.15) is 325 Å². The van der Waals surface area contributed by atoms with Gasteiger partial charge in [0, 0.05) is 12.5 Å². The third kappa shape index (κ3) is 95.7. The first-order valence-corrected chi connectivity index (χ1v) is 28.7. The molecule has 6 nitrogen and oxygen atoms in total. The average Bonchev–Trinajstić information content (AvgIpc) is 3.24. The fraction of sp³-hybridized carbons (Fsp3) is 0.947. The van der Waals surface area contributed by atoms with Crippen LogP contribution in [0.25, 0.3) is 0 Å². The van der Waals surface area contributed by atoms with Crippen LogP contribution in [0.3, 0.4) is 0 Å². The summed E-state index contributed by atoms with van der Waals surface area (Å²) in [6.45, 7) is 17.3. The van der Waals surface area contributed by atoms with Crippen LogP contribution >= 0.6 is 0 Å². The Kier molecular flexibility index (Phi) is 78.1. The number of aliphatic carboxylic acids is 1. The average molecular weight is 987 g/mol. The number of aliphatic hydroxyl groups is 1. The molecule has 0 spiro atoms. The molecule has 0 atom stereocenters. The van der Waals surface area contributed by atoms with Crippen molar-refractivity contribution in [1.82, 2.24) is 0 Å². The van der Waals surface area contributed by atoms with Gasteiger partial charge in [0.25, 0.3) is 0 Å². The van der Waals surface area contributed by atoms with Crippen molar-refractivity contribution in [1.29, 1.82) is 0 Å². The van der Waals surface area contributed by atoms with Gasteiger partial charge in [-0.15, -0.1) is 0 Å². The van der Waals surface area contributed by atoms with Crippen LogP contribution in [-0.2, 0) is 41.9 Å². The molecule has 0 bridgehead atoms. The normalized spacial score (nSPS) is 10.7. The van der Waals surface area contributed by atoms with E-state index in [2.05, 4.69) is 41.5 Å². The second-order valence-electron chi connectivity index (χ2n) is 20.3. The summed E-state index contributed by atoms with van der Waals surface area (Å²) >= 11 is 0.300. The number of carbonyl (C=O) groups excluding carboxylic acids is 2. The summed E-state index contributed by atoms with van der Waals surface area (Å²) in [5.41, 5.74) is 0. The van der Waals surface area contributed by atoms with Crippen molar-refractivity contribution in [2.24, 2.45) is 17.8 Å². The molecule has 0 heterocycles. The molecule has 0 rings (SSSR count). The van der Waals surface area contributed by atoms with E-state index in [1.165, 1.54) is 225 Å². The van der Waals surface area contributed by atoms with Crippen LogP contribution in [0.15, 0.2) is 0 Å². The van der Waals surface area contributed by atoms with E-state index in [4.69, 9.17) is 13.0 Å². The number of unbranched alkanes of at least 4 members (excludes halogenated alkanes) is 35. The molecule has 0 aliphatic heterocycles. The van der Waals surface area contributed by atoms with Crippen molar-refractivity contribution in [2.45, 2.75) is 331 Å². The van der Waals surface area contributed by atoms with Crippen molar-refractivity contribution < 1.29 is 52.1 Å². The van der Waals surface area contributed by atoms with Gasteiger partial charge in [-0.1, -0.05) is 286 Å². The van der Waals surface area contributed by atoms with Gasteiger partial charge in [0.05, 0.1) is 0 Å². The van der Waals surface area contributed by atoms with Gasteiger partial charge in [-0.25, -0.2) is 0 Å². The number of hydrogen-bond acceptors (Lipinski definition) is 5. The molecule has 0 aromatic carbocycles. The van der Waals surface area contributed by atoms with Gasteiger partial charge in [0.15, 0.2) is 0 Å². The first-order valence-electron chi connectivity index (χ1n) is 27.7. The van der Waals surface area contributed by atoms with E-state index < -0.39 is 5.97 Å². The Bertz CT molecular complexity index is 790. The first kappa shape index (κ1) is 72.4. The van der Waals surface area contributed by atoms with Gasteiger partial charge >= 0.3 is 33.5 Å². The van der Waals surface area contributed by atoms with Gasteiger partial charge in [-0.3, -0.25) is 17.4 Å². The minimum absolute atomic E-state index is 0.167. The molecule has 0 amide bonds. The van der Waals surface area contributed by atoms with Crippen LogP contribution in [-0.4, -0.2) is 34.9 Å². The van der Waals surface area contributed by atoms with Crippen molar-refractivity contribution in [2.75, 3.05) is 0 Å². The van der Waals surface area contributed by atoms with Crippen LogP contribution in [0.4, 0.5) is 0 Å². The number of carboxylic acid groups (broad SMARTS) is 1. The maximum absolute atomic E-state index is 10.3. The zero-order chi connectivity index (χ0) is 49.0. The molecule has 0 aliphatic rings. The maximum atomic E-state index is 10.3. The van der Waals surface area contributed by atoms with Crippen LogP contribution in [0, 0.1) is 17.8 Å². The molecule has 0 saturated carbocycles. The predicted molar refractivity (Wildman–Crippen MR) is 275 cm³/mol. The SMILES string of the molecule is CC(C)CCCCCCCCCCCCCCC(=O)O.CC(C)CCCCCCCCCCCCCC[C-]=O.CC(C)CCCCCCCCCCCCCC[C-]=O.CC(C)O.[O]=[Zr+2]. The van der Waals surface area contributed by atoms with E-state index in [1.54, 1.807) is 13.8 Å². The standard InChI is InChI=1S/C18H36O2.2C18H35O.C3H8O.O.Zr/c1-17(2)15-13-11-9-7-5-3-4-6-8-10-12-14-16-18(19)20;2*1-18(2)16-14-12-10-8-6-4-3-5-7-9-11-13-15-17-19;1-3(2)4;;/h17H,3-16H2,1-2H3,(H,19,20);2*18H,3-16H2,1-2H3;3-4H,1-2H3;;/q;2*-1;;;+2. The molecular formula is C57H114O6Zr. The molecule has 0 aromatic heterocycles. The topological polar surface area (TPSA) is 109 Å². The number of hydrogen-bond donors (Lipinski definition) is 2. The van der Waals surface area contributed by atoms with Crippen molar-refractivity contribution in [3.8, 4) is 0 Å². The Morgan fingerprint density at radius 3 is 0.656 bits per heavy atom. The summed E-state index contributed by atoms with van der Waals surface area (Å²) in [6.07, 6.45) is 57.8. The summed E-state index contributed by atoms with van der Waals surface area (Å²) in [6, 6.07) is 0. The number of carboxylic acids is 1. The summed E-state index contributed by atoms with van der Waals surface area (Å²) in [5, 5.41) is 16.6. The third-order valence-corrected chi connectivity index (χ3v) is 11.5. The van der Waals surface area contributed by atoms with E-state index in [9.17, 15) is 14.4 Å². The van der Waals surface area contributed by atoms with Gasteiger partial charge < -0.3 is 19.8 Å². The Labute approximate surface area is 417 Å². The molecule has 0 fully saturated rings. The summed E-state index contributed by atoms with van der Waals surface area (Å²) < 4.78 is 8.34. The molecule has 0 unspecified atom stereocenters. The van der Waals surface area contributed by atoms with E-state index in [-0.39, 0.29) is 6.10 Å². The zero-order valence-corrected chi connectivity index (χ0v) is 47.0. The van der Waals surface area contributed by atoms with Gasteiger partial charge in [0.2, 0.25) is 0 Å². The number of rotatable bonds is 45. The molecule has 2 N–H and O–H groups in total. The van der Waals surface area contributed by atoms with Crippen molar-refractivity contribution >= 4 is 18.5 Å². The molecule has 64 heavy (non-hydrogen) atoms. The third-order valence-electron chi connectivity index (χ3n) is 11.5. The second-order valence-corrected chi connectivity index (χ2v) is 20.3. The van der Waals surface area contributed by atoms with Crippen LogP contribution < -0.4 is 0 Å². The van der Waals surface area contributed by atoms with E-state index >= 15 is 0 Å². The first-order chi connectivity index (χ1) is 30.9. The van der Waals surface area contributed by atoms with Gasteiger partial charge in [0.1, 0.15) is 0 Å². The van der Waals surface area contributed by atoms with Crippen molar-refractivity contribution in [3.63, 3.8) is 0 Å². The van der Waals surface area contributed by atoms with Gasteiger partial charge in [-0.2, -0.15) is 12.8 Å². The van der Waals surface area contributed by atoms with Crippen LogP contribution in [0.2, 0.25) is 0 Å². The fourth-order valence-electron chi connectivity index (χ4n) is 7.63. The van der Waals surface area contributed by atoms with E-state index in [0.29, 0.717) is 44.0 Å². The molecule has 7 heteroatoms. The Morgan fingerprint density at radius 2 is 0.500 bits per heavy atom. The fourth-order valence-corrected chi connectivity index (χ4v) is 7.63. The van der Waals surface area contributed by atoms with E-state index in [1.807, 2.05) is 12.6 Å². The second kappa shape index (κ2) is 69.0. The van der Waals surface area contributed by atoms with Crippen molar-refractivity contribution in [3.05, 3.63) is 0 Å². The molecular weight excluding hydrogens is 872 g/mol. The zero-order valence-electron chi connectivity index (χ0n) is 44.5. The quantitative estimate of drug-likeness (QED) is 0.0465. The monoisotopic (exact) mass is 985 g/mol. The molecule has 0 aliphatic carbocycles. The molecule has 382 valence electrons. The molecule has 0 radical (unpaired) electrons. The summed E-state index contributed by atoms with van der Waals surface area (Å²) in [7, 11) is 0.